The number of rotatable bonds is 5. The lowest BCUT2D eigenvalue weighted by Crippen LogP contribution is -2.30. The van der Waals surface area contributed by atoms with Gasteiger partial charge in [-0.3, -0.25) is 9.69 Å². The fourth-order valence-corrected chi connectivity index (χ4v) is 2.66. The molecule has 0 atom stereocenters. The Balaban J connectivity index is 1.93. The Labute approximate surface area is 130 Å². The van der Waals surface area contributed by atoms with Gasteiger partial charge in [0.2, 0.25) is 5.91 Å². The lowest BCUT2D eigenvalue weighted by molar-refractivity contribution is -0.117. The summed E-state index contributed by atoms with van der Waals surface area (Å²) in [5.41, 5.74) is 0.719. The van der Waals surface area contributed by atoms with Gasteiger partial charge in [0.25, 0.3) is 0 Å². The van der Waals surface area contributed by atoms with E-state index in [2.05, 4.69) is 5.32 Å². The number of benzene rings is 1. The van der Waals surface area contributed by atoms with E-state index < -0.39 is 11.6 Å². The molecule has 0 spiro atoms. The standard InChI is InChI=1S/C15H13F2N3OS/c1-20(8-11-2-3-12(16)6-13(11)17)9-14(21)19-15-10(7-18)4-5-22-15/h2-6H,8-9H2,1H3,(H,19,21). The molecule has 0 aliphatic rings. The van der Waals surface area contributed by atoms with E-state index in [9.17, 15) is 13.6 Å². The second-order valence-electron chi connectivity index (χ2n) is 4.73. The van der Waals surface area contributed by atoms with Gasteiger partial charge in [-0.1, -0.05) is 6.07 Å². The summed E-state index contributed by atoms with van der Waals surface area (Å²) in [6.07, 6.45) is 0. The van der Waals surface area contributed by atoms with Gasteiger partial charge in [-0.05, 0) is 24.6 Å². The van der Waals surface area contributed by atoms with Crippen molar-refractivity contribution in [2.75, 3.05) is 18.9 Å². The highest BCUT2D eigenvalue weighted by Gasteiger charge is 2.12. The molecule has 0 radical (unpaired) electrons. The molecule has 22 heavy (non-hydrogen) atoms. The smallest absolute Gasteiger partial charge is 0.239 e. The number of nitrogens with zero attached hydrogens (tertiary/aromatic N) is 2. The normalized spacial score (nSPS) is 10.5. The lowest BCUT2D eigenvalue weighted by atomic mass is 10.2. The lowest BCUT2D eigenvalue weighted by Gasteiger charge is -2.16. The van der Waals surface area contributed by atoms with E-state index in [0.29, 0.717) is 16.1 Å². The highest BCUT2D eigenvalue weighted by molar-refractivity contribution is 7.14. The molecule has 1 aromatic carbocycles. The number of likely N-dealkylation sites (N-methyl/N-ethyl adjacent to an activating group) is 1. The van der Waals surface area contributed by atoms with Crippen LogP contribution in [0.5, 0.6) is 0 Å². The number of carbonyl (C=O) groups is 1. The van der Waals surface area contributed by atoms with Gasteiger partial charge in [-0.2, -0.15) is 5.26 Å². The third kappa shape index (κ3) is 4.10. The molecule has 0 unspecified atom stereocenters. The van der Waals surface area contributed by atoms with E-state index in [1.165, 1.54) is 23.5 Å². The highest BCUT2D eigenvalue weighted by Crippen LogP contribution is 2.22. The van der Waals surface area contributed by atoms with Crippen LogP contribution in [-0.2, 0) is 11.3 Å². The zero-order valence-electron chi connectivity index (χ0n) is 11.8. The first-order valence-corrected chi connectivity index (χ1v) is 7.27. The summed E-state index contributed by atoms with van der Waals surface area (Å²) in [5.74, 6) is -1.58. The maximum atomic E-state index is 13.6. The second-order valence-corrected chi connectivity index (χ2v) is 5.65. The molecule has 0 bridgehead atoms. The largest absolute Gasteiger partial charge is 0.315 e. The number of nitrogens with one attached hydrogen (secondary N) is 1. The zero-order chi connectivity index (χ0) is 16.1. The number of carbonyl (C=O) groups excluding carboxylic acids is 1. The fourth-order valence-electron chi connectivity index (χ4n) is 1.90. The maximum Gasteiger partial charge on any atom is 0.239 e. The molecule has 0 aliphatic carbocycles. The molecular weight excluding hydrogens is 308 g/mol. The van der Waals surface area contributed by atoms with Gasteiger partial charge in [0, 0.05) is 18.2 Å². The molecule has 114 valence electrons. The van der Waals surface area contributed by atoms with Crippen molar-refractivity contribution in [2.24, 2.45) is 0 Å². The summed E-state index contributed by atoms with van der Waals surface area (Å²) in [4.78, 5) is 13.5. The molecule has 0 saturated carbocycles. The zero-order valence-corrected chi connectivity index (χ0v) is 12.6. The third-order valence-electron chi connectivity index (χ3n) is 2.91. The van der Waals surface area contributed by atoms with Gasteiger partial charge in [-0.15, -0.1) is 11.3 Å². The number of halogens is 2. The number of amides is 1. The first kappa shape index (κ1) is 16.1. The van der Waals surface area contributed by atoms with Crippen LogP contribution in [0.15, 0.2) is 29.6 Å². The predicted octanol–water partition coefficient (Wildman–Crippen LogP) is 2.97. The van der Waals surface area contributed by atoms with Crippen molar-refractivity contribution in [2.45, 2.75) is 6.54 Å². The molecule has 1 N–H and O–H groups in total. The number of hydrogen-bond acceptors (Lipinski definition) is 4. The van der Waals surface area contributed by atoms with Crippen LogP contribution in [0, 0.1) is 23.0 Å². The van der Waals surface area contributed by atoms with Crippen molar-refractivity contribution < 1.29 is 13.6 Å². The molecule has 0 fully saturated rings. The highest BCUT2D eigenvalue weighted by atomic mass is 32.1. The Morgan fingerprint density at radius 2 is 2.18 bits per heavy atom. The molecular formula is C15H13F2N3OS. The minimum absolute atomic E-state index is 0.0274. The van der Waals surface area contributed by atoms with Crippen LogP contribution in [0.2, 0.25) is 0 Å². The Hall–Kier alpha value is -2.30. The average Bonchev–Trinajstić information content (AvgIpc) is 2.88. The summed E-state index contributed by atoms with van der Waals surface area (Å²) in [7, 11) is 1.65. The Kier molecular flexibility index (Phi) is 5.20. The average molecular weight is 321 g/mol. The van der Waals surface area contributed by atoms with Crippen LogP contribution in [0.3, 0.4) is 0 Å². The van der Waals surface area contributed by atoms with E-state index in [1.807, 2.05) is 6.07 Å². The Morgan fingerprint density at radius 1 is 1.41 bits per heavy atom. The first-order chi connectivity index (χ1) is 10.5. The van der Waals surface area contributed by atoms with Crippen molar-refractivity contribution in [1.82, 2.24) is 4.90 Å². The summed E-state index contributed by atoms with van der Waals surface area (Å²) in [6, 6.07) is 6.95. The molecule has 1 amide bonds. The van der Waals surface area contributed by atoms with E-state index in [0.717, 1.165) is 6.07 Å². The van der Waals surface area contributed by atoms with Gasteiger partial charge in [0.1, 0.15) is 22.7 Å². The van der Waals surface area contributed by atoms with E-state index in [1.54, 1.807) is 23.4 Å². The molecule has 2 aromatic rings. The number of nitriles is 1. The molecule has 0 aliphatic heterocycles. The van der Waals surface area contributed by atoms with Crippen molar-refractivity contribution in [3.8, 4) is 6.07 Å². The maximum absolute atomic E-state index is 13.6. The first-order valence-electron chi connectivity index (χ1n) is 6.39. The number of thiophene rings is 1. The third-order valence-corrected chi connectivity index (χ3v) is 3.74. The molecule has 2 rings (SSSR count). The van der Waals surface area contributed by atoms with Crippen molar-refractivity contribution in [1.29, 1.82) is 5.26 Å². The van der Waals surface area contributed by atoms with Crippen LogP contribution in [-0.4, -0.2) is 24.4 Å². The van der Waals surface area contributed by atoms with E-state index in [4.69, 9.17) is 5.26 Å². The van der Waals surface area contributed by atoms with E-state index in [-0.39, 0.29) is 19.0 Å². The molecule has 1 aromatic heterocycles. The monoisotopic (exact) mass is 321 g/mol. The summed E-state index contributed by atoms with van der Waals surface area (Å²) < 4.78 is 26.4. The van der Waals surface area contributed by atoms with Crippen LogP contribution in [0.1, 0.15) is 11.1 Å². The predicted molar refractivity (Wildman–Crippen MR) is 80.4 cm³/mol. The number of anilines is 1. The van der Waals surface area contributed by atoms with Crippen molar-refractivity contribution in [3.05, 3.63) is 52.4 Å². The van der Waals surface area contributed by atoms with Gasteiger partial charge >= 0.3 is 0 Å². The number of hydrogen-bond donors (Lipinski definition) is 1. The fraction of sp³-hybridized carbons (Fsp3) is 0.200. The van der Waals surface area contributed by atoms with Crippen molar-refractivity contribution in [3.63, 3.8) is 0 Å². The topological polar surface area (TPSA) is 56.1 Å². The Morgan fingerprint density at radius 3 is 2.86 bits per heavy atom. The molecule has 0 saturated heterocycles. The summed E-state index contributed by atoms with van der Waals surface area (Å²) >= 11 is 1.26. The van der Waals surface area contributed by atoms with Crippen LogP contribution >= 0.6 is 11.3 Å². The van der Waals surface area contributed by atoms with Crippen LogP contribution in [0.25, 0.3) is 0 Å². The van der Waals surface area contributed by atoms with Gasteiger partial charge in [-0.25, -0.2) is 8.78 Å². The van der Waals surface area contributed by atoms with Gasteiger partial charge in [0.05, 0.1) is 12.1 Å². The SMILES string of the molecule is CN(CC(=O)Nc1sccc1C#N)Cc1ccc(F)cc1F. The Bertz CT molecular complexity index is 724. The van der Waals surface area contributed by atoms with Crippen LogP contribution < -0.4 is 5.32 Å². The molecule has 1 heterocycles. The van der Waals surface area contributed by atoms with Crippen molar-refractivity contribution >= 4 is 22.2 Å². The minimum atomic E-state index is -0.641. The summed E-state index contributed by atoms with van der Waals surface area (Å²) in [6.45, 7) is 0.203. The van der Waals surface area contributed by atoms with Crippen LogP contribution in [0.4, 0.5) is 13.8 Å². The second kappa shape index (κ2) is 7.11. The quantitative estimate of drug-likeness (QED) is 0.921. The molecule has 7 heteroatoms. The van der Waals surface area contributed by atoms with Gasteiger partial charge < -0.3 is 5.32 Å². The minimum Gasteiger partial charge on any atom is -0.315 e. The van der Waals surface area contributed by atoms with E-state index >= 15 is 0 Å². The summed E-state index contributed by atoms with van der Waals surface area (Å²) in [5, 5.41) is 13.7. The molecule has 4 nitrogen and oxygen atoms in total. The van der Waals surface area contributed by atoms with Gasteiger partial charge in [0.15, 0.2) is 0 Å².